The molecule has 0 amide bonds. The Morgan fingerprint density at radius 3 is 2.82 bits per heavy atom. The Morgan fingerprint density at radius 2 is 2.14 bits per heavy atom. The highest BCUT2D eigenvalue weighted by Gasteiger charge is 2.31. The van der Waals surface area contributed by atoms with Crippen molar-refractivity contribution in [3.63, 3.8) is 0 Å². The molecular weight excluding hydrogens is 298 g/mol. The van der Waals surface area contributed by atoms with E-state index in [1.165, 1.54) is 0 Å². The summed E-state index contributed by atoms with van der Waals surface area (Å²) in [6, 6.07) is 7.95. The van der Waals surface area contributed by atoms with Gasteiger partial charge in [0, 0.05) is 36.3 Å². The third-order valence-electron chi connectivity index (χ3n) is 3.95. The number of hydrogen-bond acceptors (Lipinski definition) is 4. The molecule has 3 N–H and O–H groups in total. The lowest BCUT2D eigenvalue weighted by Crippen LogP contribution is -2.37. The molecular formula is C16H25N3O2S. The van der Waals surface area contributed by atoms with E-state index in [-0.39, 0.29) is 4.75 Å². The van der Waals surface area contributed by atoms with E-state index < -0.39 is 0 Å². The van der Waals surface area contributed by atoms with Crippen molar-refractivity contribution in [2.24, 2.45) is 10.7 Å². The molecule has 1 aliphatic rings. The SMILES string of the molecule is COCc1ccccc1NC(N)=NCC1(SC)CCOCC1. The molecule has 1 fully saturated rings. The fourth-order valence-corrected chi connectivity index (χ4v) is 3.27. The topological polar surface area (TPSA) is 68.9 Å². The molecule has 0 atom stereocenters. The van der Waals surface area contributed by atoms with E-state index in [0.29, 0.717) is 19.1 Å². The minimum atomic E-state index is 0.149. The number of nitrogens with zero attached hydrogens (tertiary/aromatic N) is 1. The van der Waals surface area contributed by atoms with Crippen LogP contribution in [0.15, 0.2) is 29.3 Å². The van der Waals surface area contributed by atoms with Gasteiger partial charge in [-0.3, -0.25) is 4.99 Å². The van der Waals surface area contributed by atoms with E-state index in [2.05, 4.69) is 16.6 Å². The number of para-hydroxylation sites is 1. The second-order valence-electron chi connectivity index (χ2n) is 5.42. The van der Waals surface area contributed by atoms with Crippen LogP contribution in [0.3, 0.4) is 0 Å². The van der Waals surface area contributed by atoms with Crippen molar-refractivity contribution >= 4 is 23.4 Å². The fraction of sp³-hybridized carbons (Fsp3) is 0.562. The first-order valence-corrected chi connectivity index (χ1v) is 8.68. The number of nitrogens with two attached hydrogens (primary N) is 1. The molecule has 2 rings (SSSR count). The summed E-state index contributed by atoms with van der Waals surface area (Å²) < 4.78 is 10.8. The van der Waals surface area contributed by atoms with E-state index in [1.807, 2.05) is 36.0 Å². The Labute approximate surface area is 136 Å². The average Bonchev–Trinajstić information content (AvgIpc) is 2.56. The summed E-state index contributed by atoms with van der Waals surface area (Å²) in [5, 5.41) is 3.18. The summed E-state index contributed by atoms with van der Waals surface area (Å²) in [6.45, 7) is 2.87. The van der Waals surface area contributed by atoms with Crippen LogP contribution in [0.2, 0.25) is 0 Å². The summed E-state index contributed by atoms with van der Waals surface area (Å²) >= 11 is 1.86. The Kier molecular flexibility index (Phi) is 6.54. The zero-order valence-corrected chi connectivity index (χ0v) is 14.1. The fourth-order valence-electron chi connectivity index (χ4n) is 2.50. The lowest BCUT2D eigenvalue weighted by Gasteiger charge is -2.34. The molecule has 0 aliphatic carbocycles. The Hall–Kier alpha value is -1.24. The number of benzene rings is 1. The molecule has 0 radical (unpaired) electrons. The first-order valence-electron chi connectivity index (χ1n) is 7.46. The maximum atomic E-state index is 6.06. The van der Waals surface area contributed by atoms with Gasteiger partial charge in [0.15, 0.2) is 5.96 Å². The summed E-state index contributed by atoms with van der Waals surface area (Å²) in [5.74, 6) is 0.448. The van der Waals surface area contributed by atoms with Gasteiger partial charge < -0.3 is 20.5 Å². The Morgan fingerprint density at radius 1 is 1.41 bits per heavy atom. The van der Waals surface area contributed by atoms with E-state index in [9.17, 15) is 0 Å². The van der Waals surface area contributed by atoms with Crippen LogP contribution >= 0.6 is 11.8 Å². The second kappa shape index (κ2) is 8.41. The van der Waals surface area contributed by atoms with Gasteiger partial charge in [0.1, 0.15) is 0 Å². The zero-order valence-electron chi connectivity index (χ0n) is 13.3. The second-order valence-corrected chi connectivity index (χ2v) is 6.69. The van der Waals surface area contributed by atoms with Crippen molar-refractivity contribution in [3.8, 4) is 0 Å². The predicted octanol–water partition coefficient (Wildman–Crippen LogP) is 2.47. The van der Waals surface area contributed by atoms with Crippen LogP contribution in [0.25, 0.3) is 0 Å². The molecule has 0 aromatic heterocycles. The van der Waals surface area contributed by atoms with Gasteiger partial charge in [0.05, 0.1) is 13.2 Å². The standard InChI is InChI=1S/C16H25N3O2S/c1-20-11-13-5-3-4-6-14(13)19-15(17)18-12-16(22-2)7-9-21-10-8-16/h3-6H,7-12H2,1-2H3,(H3,17,18,19). The van der Waals surface area contributed by atoms with E-state index in [4.69, 9.17) is 15.2 Å². The Balaban J connectivity index is 2.00. The summed E-state index contributed by atoms with van der Waals surface area (Å²) in [5.41, 5.74) is 8.06. The maximum absolute atomic E-state index is 6.06. The number of thioether (sulfide) groups is 1. The predicted molar refractivity (Wildman–Crippen MR) is 93.6 cm³/mol. The van der Waals surface area contributed by atoms with Gasteiger partial charge in [-0.2, -0.15) is 11.8 Å². The quantitative estimate of drug-likeness (QED) is 0.622. The summed E-state index contributed by atoms with van der Waals surface area (Å²) in [6.07, 6.45) is 4.18. The van der Waals surface area contributed by atoms with E-state index in [1.54, 1.807) is 7.11 Å². The molecule has 1 aromatic carbocycles. The minimum absolute atomic E-state index is 0.149. The lowest BCUT2D eigenvalue weighted by molar-refractivity contribution is 0.0794. The van der Waals surface area contributed by atoms with Gasteiger partial charge in [0.2, 0.25) is 0 Å². The van der Waals surface area contributed by atoms with Gasteiger partial charge >= 0.3 is 0 Å². The molecule has 1 aliphatic heterocycles. The van der Waals surface area contributed by atoms with Gasteiger partial charge in [-0.25, -0.2) is 0 Å². The minimum Gasteiger partial charge on any atom is -0.381 e. The van der Waals surface area contributed by atoms with Crippen LogP contribution in [0.5, 0.6) is 0 Å². The van der Waals surface area contributed by atoms with Crippen LogP contribution < -0.4 is 11.1 Å². The third-order valence-corrected chi connectivity index (χ3v) is 5.36. The number of ether oxygens (including phenoxy) is 2. The monoisotopic (exact) mass is 323 g/mol. The number of aliphatic imine (C=N–C) groups is 1. The average molecular weight is 323 g/mol. The van der Waals surface area contributed by atoms with Gasteiger partial charge in [-0.15, -0.1) is 0 Å². The van der Waals surface area contributed by atoms with Crippen molar-refractivity contribution < 1.29 is 9.47 Å². The van der Waals surface area contributed by atoms with E-state index in [0.717, 1.165) is 37.3 Å². The van der Waals surface area contributed by atoms with Gasteiger partial charge in [-0.1, -0.05) is 18.2 Å². The highest BCUT2D eigenvalue weighted by molar-refractivity contribution is 8.00. The highest BCUT2D eigenvalue weighted by atomic mass is 32.2. The Bertz CT molecular complexity index is 502. The molecule has 1 saturated heterocycles. The number of methoxy groups -OCH3 is 1. The number of anilines is 1. The van der Waals surface area contributed by atoms with Crippen molar-refractivity contribution in [2.75, 3.05) is 38.4 Å². The van der Waals surface area contributed by atoms with Crippen molar-refractivity contribution in [1.29, 1.82) is 0 Å². The molecule has 0 saturated carbocycles. The van der Waals surface area contributed by atoms with Crippen molar-refractivity contribution in [2.45, 2.75) is 24.2 Å². The molecule has 0 spiro atoms. The molecule has 122 valence electrons. The van der Waals surface area contributed by atoms with Crippen molar-refractivity contribution in [3.05, 3.63) is 29.8 Å². The van der Waals surface area contributed by atoms with Crippen LogP contribution in [-0.2, 0) is 16.1 Å². The number of guanidine groups is 1. The number of hydrogen-bond donors (Lipinski definition) is 2. The van der Waals surface area contributed by atoms with Crippen LogP contribution in [0.1, 0.15) is 18.4 Å². The van der Waals surface area contributed by atoms with Gasteiger partial charge in [0.25, 0.3) is 0 Å². The van der Waals surface area contributed by atoms with Crippen LogP contribution in [0, 0.1) is 0 Å². The molecule has 5 nitrogen and oxygen atoms in total. The highest BCUT2D eigenvalue weighted by Crippen LogP contribution is 2.34. The molecule has 1 heterocycles. The van der Waals surface area contributed by atoms with Crippen LogP contribution in [-0.4, -0.2) is 43.8 Å². The maximum Gasteiger partial charge on any atom is 0.193 e. The van der Waals surface area contributed by atoms with Gasteiger partial charge in [-0.05, 0) is 25.2 Å². The first-order chi connectivity index (χ1) is 10.7. The zero-order chi connectivity index (χ0) is 15.8. The molecule has 6 heteroatoms. The number of rotatable bonds is 6. The third kappa shape index (κ3) is 4.63. The largest absolute Gasteiger partial charge is 0.381 e. The normalized spacial score (nSPS) is 18.2. The van der Waals surface area contributed by atoms with E-state index >= 15 is 0 Å². The molecule has 1 aromatic rings. The van der Waals surface area contributed by atoms with Crippen LogP contribution in [0.4, 0.5) is 5.69 Å². The molecule has 0 bridgehead atoms. The summed E-state index contributed by atoms with van der Waals surface area (Å²) in [4.78, 5) is 4.55. The summed E-state index contributed by atoms with van der Waals surface area (Å²) in [7, 11) is 1.68. The molecule has 22 heavy (non-hydrogen) atoms. The van der Waals surface area contributed by atoms with Crippen molar-refractivity contribution in [1.82, 2.24) is 0 Å². The smallest absolute Gasteiger partial charge is 0.193 e. The molecule has 0 unspecified atom stereocenters. The first kappa shape index (κ1) is 17.1. The lowest BCUT2D eigenvalue weighted by atomic mass is 9.99. The number of nitrogens with one attached hydrogen (secondary N) is 1.